The number of para-hydroxylation sites is 1. The van der Waals surface area contributed by atoms with Crippen LogP contribution in [-0.4, -0.2) is 15.8 Å². The number of aromatic nitrogens is 2. The van der Waals surface area contributed by atoms with Crippen molar-refractivity contribution in [3.05, 3.63) is 78.3 Å². The lowest BCUT2D eigenvalue weighted by molar-refractivity contribution is 0.101. The number of Topliss-reactive ketones (excluding diaryl/α,β-unsaturated/α-hetero) is 1. The molecular weight excluding hydrogens is 340 g/mol. The number of anilines is 3. The summed E-state index contributed by atoms with van der Waals surface area (Å²) in [6, 6.07) is 18.8. The first kappa shape index (κ1) is 16.8. The van der Waals surface area contributed by atoms with E-state index in [0.717, 1.165) is 28.2 Å². The van der Waals surface area contributed by atoms with Gasteiger partial charge >= 0.3 is 0 Å². The van der Waals surface area contributed by atoms with Crippen molar-refractivity contribution >= 4 is 34.1 Å². The highest BCUT2D eigenvalue weighted by atomic mass is 16.3. The van der Waals surface area contributed by atoms with E-state index in [0.29, 0.717) is 18.1 Å². The molecule has 4 rings (SSSR count). The molecule has 0 unspecified atom stereocenters. The third-order valence-electron chi connectivity index (χ3n) is 4.16. The van der Waals surface area contributed by atoms with Gasteiger partial charge in [0.2, 0.25) is 5.95 Å². The number of furan rings is 1. The molecule has 6 heteroatoms. The van der Waals surface area contributed by atoms with Crippen LogP contribution >= 0.6 is 0 Å². The average molecular weight is 358 g/mol. The van der Waals surface area contributed by atoms with Crippen molar-refractivity contribution in [3.63, 3.8) is 0 Å². The van der Waals surface area contributed by atoms with Crippen LogP contribution in [0.25, 0.3) is 10.9 Å². The van der Waals surface area contributed by atoms with Crippen LogP contribution in [0.2, 0.25) is 0 Å². The zero-order chi connectivity index (χ0) is 18.6. The number of carbonyl (C=O) groups is 1. The summed E-state index contributed by atoms with van der Waals surface area (Å²) in [5.74, 6) is 2.06. The van der Waals surface area contributed by atoms with E-state index in [1.54, 1.807) is 25.3 Å². The quantitative estimate of drug-likeness (QED) is 0.483. The summed E-state index contributed by atoms with van der Waals surface area (Å²) in [4.78, 5) is 20.6. The zero-order valence-corrected chi connectivity index (χ0v) is 14.8. The Bertz CT molecular complexity index is 1070. The molecule has 0 aliphatic carbocycles. The second kappa shape index (κ2) is 7.29. The molecule has 2 aromatic carbocycles. The number of benzene rings is 2. The van der Waals surface area contributed by atoms with Gasteiger partial charge < -0.3 is 15.1 Å². The minimum atomic E-state index is 0.0351. The van der Waals surface area contributed by atoms with Crippen molar-refractivity contribution in [2.75, 3.05) is 10.6 Å². The molecule has 0 saturated carbocycles. The molecular formula is C21H18N4O2. The number of hydrogen-bond donors (Lipinski definition) is 2. The minimum Gasteiger partial charge on any atom is -0.467 e. The van der Waals surface area contributed by atoms with Crippen LogP contribution in [0.15, 0.2) is 71.3 Å². The molecule has 4 aromatic rings. The van der Waals surface area contributed by atoms with Crippen LogP contribution in [0.3, 0.4) is 0 Å². The highest BCUT2D eigenvalue weighted by Gasteiger charge is 2.09. The second-order valence-electron chi connectivity index (χ2n) is 6.10. The molecule has 0 radical (unpaired) electrons. The van der Waals surface area contributed by atoms with E-state index < -0.39 is 0 Å². The second-order valence-corrected chi connectivity index (χ2v) is 6.10. The number of nitrogens with zero attached hydrogens (tertiary/aromatic N) is 2. The van der Waals surface area contributed by atoms with Crippen molar-refractivity contribution in [1.82, 2.24) is 9.97 Å². The van der Waals surface area contributed by atoms with Gasteiger partial charge in [-0.05, 0) is 55.5 Å². The first-order chi connectivity index (χ1) is 13.2. The van der Waals surface area contributed by atoms with Crippen molar-refractivity contribution in [1.29, 1.82) is 0 Å². The summed E-state index contributed by atoms with van der Waals surface area (Å²) < 4.78 is 5.37. The lowest BCUT2D eigenvalue weighted by atomic mass is 10.1. The fourth-order valence-electron chi connectivity index (χ4n) is 2.77. The summed E-state index contributed by atoms with van der Waals surface area (Å²) in [6.45, 7) is 2.08. The van der Waals surface area contributed by atoms with Crippen LogP contribution < -0.4 is 10.6 Å². The fourth-order valence-corrected chi connectivity index (χ4v) is 2.77. The van der Waals surface area contributed by atoms with E-state index in [9.17, 15) is 4.79 Å². The Morgan fingerprint density at radius 3 is 2.56 bits per heavy atom. The smallest absolute Gasteiger partial charge is 0.229 e. The molecule has 2 heterocycles. The Kier molecular flexibility index (Phi) is 4.53. The van der Waals surface area contributed by atoms with E-state index in [2.05, 4.69) is 20.6 Å². The Morgan fingerprint density at radius 2 is 1.81 bits per heavy atom. The van der Waals surface area contributed by atoms with Crippen molar-refractivity contribution in [2.24, 2.45) is 0 Å². The molecule has 2 aromatic heterocycles. The van der Waals surface area contributed by atoms with Gasteiger partial charge in [0, 0.05) is 16.6 Å². The molecule has 0 fully saturated rings. The third kappa shape index (κ3) is 3.79. The van der Waals surface area contributed by atoms with Gasteiger partial charge in [-0.3, -0.25) is 4.79 Å². The van der Waals surface area contributed by atoms with Crippen molar-refractivity contribution in [3.8, 4) is 0 Å². The molecule has 0 atom stereocenters. The summed E-state index contributed by atoms with van der Waals surface area (Å²) in [7, 11) is 0. The van der Waals surface area contributed by atoms with Gasteiger partial charge in [-0.1, -0.05) is 12.1 Å². The molecule has 2 N–H and O–H groups in total. The number of carbonyl (C=O) groups excluding carboxylic acids is 1. The number of hydrogen-bond acceptors (Lipinski definition) is 6. The Labute approximate surface area is 156 Å². The molecule has 0 saturated heterocycles. The van der Waals surface area contributed by atoms with Gasteiger partial charge in [-0.25, -0.2) is 4.98 Å². The topological polar surface area (TPSA) is 80.0 Å². The summed E-state index contributed by atoms with van der Waals surface area (Å²) in [5.41, 5.74) is 2.31. The summed E-state index contributed by atoms with van der Waals surface area (Å²) >= 11 is 0. The van der Waals surface area contributed by atoms with E-state index in [4.69, 9.17) is 4.42 Å². The molecule has 0 amide bonds. The molecule has 0 aliphatic rings. The normalized spacial score (nSPS) is 10.7. The molecule has 0 spiro atoms. The lowest BCUT2D eigenvalue weighted by Crippen LogP contribution is -2.05. The summed E-state index contributed by atoms with van der Waals surface area (Å²) in [5, 5.41) is 7.44. The van der Waals surface area contributed by atoms with E-state index >= 15 is 0 Å². The van der Waals surface area contributed by atoms with Gasteiger partial charge in [0.25, 0.3) is 0 Å². The Morgan fingerprint density at radius 1 is 1.00 bits per heavy atom. The van der Waals surface area contributed by atoms with Crippen molar-refractivity contribution < 1.29 is 9.21 Å². The molecule has 134 valence electrons. The molecule has 0 bridgehead atoms. The van der Waals surface area contributed by atoms with Crippen LogP contribution in [0, 0.1) is 0 Å². The number of fused-ring (bicyclic) bond motifs is 1. The molecule has 0 aliphatic heterocycles. The summed E-state index contributed by atoms with van der Waals surface area (Å²) in [6.07, 6.45) is 1.65. The number of nitrogens with one attached hydrogen (secondary N) is 2. The SMILES string of the molecule is CC(=O)c1ccc(Nc2nc(NCc3ccco3)c3ccccc3n2)cc1. The van der Waals surface area contributed by atoms with Gasteiger partial charge in [-0.2, -0.15) is 4.98 Å². The highest BCUT2D eigenvalue weighted by Crippen LogP contribution is 2.24. The van der Waals surface area contributed by atoms with Gasteiger partial charge in [0.1, 0.15) is 11.6 Å². The number of ketones is 1. The van der Waals surface area contributed by atoms with E-state index in [-0.39, 0.29) is 5.78 Å². The largest absolute Gasteiger partial charge is 0.467 e. The van der Waals surface area contributed by atoms with Gasteiger partial charge in [0.05, 0.1) is 18.3 Å². The van der Waals surface area contributed by atoms with Crippen LogP contribution in [0.4, 0.5) is 17.5 Å². The lowest BCUT2D eigenvalue weighted by Gasteiger charge is -2.11. The van der Waals surface area contributed by atoms with Crippen LogP contribution in [0.5, 0.6) is 0 Å². The molecule has 6 nitrogen and oxygen atoms in total. The monoisotopic (exact) mass is 358 g/mol. The predicted molar refractivity (Wildman–Crippen MR) is 105 cm³/mol. The Balaban J connectivity index is 1.63. The highest BCUT2D eigenvalue weighted by molar-refractivity contribution is 5.94. The van der Waals surface area contributed by atoms with Crippen LogP contribution in [0.1, 0.15) is 23.0 Å². The first-order valence-corrected chi connectivity index (χ1v) is 8.60. The standard InChI is InChI=1S/C21H18N4O2/c1-14(26)15-8-10-16(11-9-15)23-21-24-19-7-3-2-6-18(19)20(25-21)22-13-17-5-4-12-27-17/h2-12H,13H2,1H3,(H2,22,23,24,25). The fraction of sp³-hybridized carbons (Fsp3) is 0.0952. The maximum atomic E-state index is 11.4. The van der Waals surface area contributed by atoms with Crippen LogP contribution in [-0.2, 0) is 6.54 Å². The first-order valence-electron chi connectivity index (χ1n) is 8.60. The zero-order valence-electron chi connectivity index (χ0n) is 14.8. The maximum absolute atomic E-state index is 11.4. The van der Waals surface area contributed by atoms with Gasteiger partial charge in [-0.15, -0.1) is 0 Å². The number of rotatable bonds is 6. The van der Waals surface area contributed by atoms with Gasteiger partial charge in [0.15, 0.2) is 5.78 Å². The third-order valence-corrected chi connectivity index (χ3v) is 4.16. The average Bonchev–Trinajstić information content (AvgIpc) is 3.20. The van der Waals surface area contributed by atoms with Crippen molar-refractivity contribution in [2.45, 2.75) is 13.5 Å². The van der Waals surface area contributed by atoms with E-state index in [1.807, 2.05) is 48.5 Å². The maximum Gasteiger partial charge on any atom is 0.229 e. The minimum absolute atomic E-state index is 0.0351. The Hall–Kier alpha value is -3.67. The van der Waals surface area contributed by atoms with E-state index in [1.165, 1.54) is 0 Å². The predicted octanol–water partition coefficient (Wildman–Crippen LogP) is 4.78. The molecule has 27 heavy (non-hydrogen) atoms.